The Hall–Kier alpha value is -0.0800. The third-order valence-corrected chi connectivity index (χ3v) is 7.39. The number of benzene rings is 1. The molecule has 4 nitrogen and oxygen atoms in total. The van der Waals surface area contributed by atoms with E-state index in [9.17, 15) is 8.42 Å². The highest BCUT2D eigenvalue weighted by atomic mass is 79.9. The molecule has 1 aliphatic rings. The van der Waals surface area contributed by atoms with Gasteiger partial charge in [-0.3, -0.25) is 0 Å². The van der Waals surface area contributed by atoms with Gasteiger partial charge in [0.1, 0.15) is 0 Å². The number of thioether (sulfide) groups is 1. The Labute approximate surface area is 139 Å². The number of nitrogens with one attached hydrogen (secondary N) is 1. The second-order valence-corrected chi connectivity index (χ2v) is 9.40. The first kappa shape index (κ1) is 17.3. The summed E-state index contributed by atoms with van der Waals surface area (Å²) >= 11 is 5.21. The summed E-state index contributed by atoms with van der Waals surface area (Å²) in [4.78, 5) is 0.372. The molecule has 1 N–H and O–H groups in total. The second kappa shape index (κ2) is 7.46. The van der Waals surface area contributed by atoms with Crippen LogP contribution in [0.5, 0.6) is 0 Å². The summed E-state index contributed by atoms with van der Waals surface area (Å²) in [6.45, 7) is 6.81. The van der Waals surface area contributed by atoms with E-state index in [4.69, 9.17) is 0 Å². The SMILES string of the molecule is CCNCc1ccc(Br)c(S(=O)(=O)N2CCSC(C)C2)c1. The van der Waals surface area contributed by atoms with E-state index in [2.05, 4.69) is 28.2 Å². The third-order valence-electron chi connectivity index (χ3n) is 3.40. The van der Waals surface area contributed by atoms with Gasteiger partial charge in [0.2, 0.25) is 10.0 Å². The van der Waals surface area contributed by atoms with Crippen LogP contribution in [0.4, 0.5) is 0 Å². The quantitative estimate of drug-likeness (QED) is 0.836. The zero-order valence-electron chi connectivity index (χ0n) is 12.3. The maximum atomic E-state index is 12.8. The van der Waals surface area contributed by atoms with Gasteiger partial charge in [0, 0.05) is 35.1 Å². The Morgan fingerprint density at radius 2 is 2.24 bits per heavy atom. The molecule has 0 aromatic heterocycles. The summed E-state index contributed by atoms with van der Waals surface area (Å²) in [6.07, 6.45) is 0. The lowest BCUT2D eigenvalue weighted by Gasteiger charge is -2.30. The summed E-state index contributed by atoms with van der Waals surface area (Å²) in [5.41, 5.74) is 0.984. The molecule has 1 aromatic carbocycles. The summed E-state index contributed by atoms with van der Waals surface area (Å²) in [6, 6.07) is 5.54. The lowest BCUT2D eigenvalue weighted by Crippen LogP contribution is -2.41. The van der Waals surface area contributed by atoms with Crippen LogP contribution in [0, 0.1) is 0 Å². The molecule has 0 saturated carbocycles. The predicted molar refractivity (Wildman–Crippen MR) is 92.2 cm³/mol. The van der Waals surface area contributed by atoms with Crippen molar-refractivity contribution in [3.05, 3.63) is 28.2 Å². The first-order valence-electron chi connectivity index (χ1n) is 7.06. The van der Waals surface area contributed by atoms with Crippen LogP contribution >= 0.6 is 27.7 Å². The van der Waals surface area contributed by atoms with Crippen molar-refractivity contribution >= 4 is 37.7 Å². The Morgan fingerprint density at radius 1 is 1.48 bits per heavy atom. The molecule has 0 radical (unpaired) electrons. The molecule has 1 saturated heterocycles. The Balaban J connectivity index is 2.30. The lowest BCUT2D eigenvalue weighted by molar-refractivity contribution is 0.424. The average Bonchev–Trinajstić information content (AvgIpc) is 2.46. The van der Waals surface area contributed by atoms with Crippen LogP contribution in [0.2, 0.25) is 0 Å². The van der Waals surface area contributed by atoms with Crippen LogP contribution < -0.4 is 5.32 Å². The topological polar surface area (TPSA) is 49.4 Å². The van der Waals surface area contributed by atoms with E-state index in [1.165, 1.54) is 0 Å². The fourth-order valence-corrected chi connectivity index (χ4v) is 6.00. The second-order valence-electron chi connectivity index (χ2n) is 5.09. The highest BCUT2D eigenvalue weighted by molar-refractivity contribution is 9.10. The van der Waals surface area contributed by atoms with Crippen LogP contribution in [0.25, 0.3) is 0 Å². The molecule has 2 rings (SSSR count). The predicted octanol–water partition coefficient (Wildman–Crippen LogP) is 2.68. The standard InChI is InChI=1S/C14H21BrN2O2S2/c1-3-16-9-12-4-5-13(15)14(8-12)21(18,19)17-6-7-20-11(2)10-17/h4-5,8,11,16H,3,6-7,9-10H2,1-2H3. The summed E-state index contributed by atoms with van der Waals surface area (Å²) < 4.78 is 27.9. The molecule has 1 aromatic rings. The van der Waals surface area contributed by atoms with Gasteiger partial charge in [-0.05, 0) is 40.2 Å². The van der Waals surface area contributed by atoms with Crippen molar-refractivity contribution in [2.24, 2.45) is 0 Å². The lowest BCUT2D eigenvalue weighted by atomic mass is 10.2. The number of hydrogen-bond donors (Lipinski definition) is 1. The van der Waals surface area contributed by atoms with Crippen LogP contribution in [-0.4, -0.2) is 43.4 Å². The van der Waals surface area contributed by atoms with E-state index in [1.807, 2.05) is 30.8 Å². The average molecular weight is 393 g/mol. The van der Waals surface area contributed by atoms with Gasteiger partial charge < -0.3 is 5.32 Å². The monoisotopic (exact) mass is 392 g/mol. The molecule has 0 amide bonds. The maximum Gasteiger partial charge on any atom is 0.244 e. The largest absolute Gasteiger partial charge is 0.313 e. The first-order valence-corrected chi connectivity index (χ1v) is 10.3. The zero-order chi connectivity index (χ0) is 15.5. The van der Waals surface area contributed by atoms with Gasteiger partial charge in [0.05, 0.1) is 4.90 Å². The van der Waals surface area contributed by atoms with E-state index in [0.717, 1.165) is 17.9 Å². The van der Waals surface area contributed by atoms with Gasteiger partial charge in [-0.2, -0.15) is 16.1 Å². The number of nitrogens with zero attached hydrogens (tertiary/aromatic N) is 1. The van der Waals surface area contributed by atoms with E-state index in [0.29, 0.717) is 34.3 Å². The highest BCUT2D eigenvalue weighted by Crippen LogP contribution is 2.29. The van der Waals surface area contributed by atoms with Crippen LogP contribution in [0.1, 0.15) is 19.4 Å². The van der Waals surface area contributed by atoms with Gasteiger partial charge in [-0.15, -0.1) is 0 Å². The Kier molecular flexibility index (Phi) is 6.14. The highest BCUT2D eigenvalue weighted by Gasteiger charge is 2.30. The molecule has 7 heteroatoms. The molecular formula is C14H21BrN2O2S2. The minimum atomic E-state index is -3.43. The number of hydrogen-bond acceptors (Lipinski definition) is 4. The minimum Gasteiger partial charge on any atom is -0.313 e. The van der Waals surface area contributed by atoms with Crippen LogP contribution in [0.3, 0.4) is 0 Å². The van der Waals surface area contributed by atoms with Crippen molar-refractivity contribution in [1.29, 1.82) is 0 Å². The van der Waals surface area contributed by atoms with Crippen LogP contribution in [0.15, 0.2) is 27.6 Å². The first-order chi connectivity index (χ1) is 9.95. The van der Waals surface area contributed by atoms with Gasteiger partial charge >= 0.3 is 0 Å². The fraction of sp³-hybridized carbons (Fsp3) is 0.571. The number of halogens is 1. The Morgan fingerprint density at radius 3 is 2.90 bits per heavy atom. The number of rotatable bonds is 5. The zero-order valence-corrected chi connectivity index (χ0v) is 15.5. The summed E-state index contributed by atoms with van der Waals surface area (Å²) in [5, 5.41) is 3.57. The molecule has 21 heavy (non-hydrogen) atoms. The molecule has 118 valence electrons. The van der Waals surface area contributed by atoms with E-state index >= 15 is 0 Å². The van der Waals surface area contributed by atoms with Gasteiger partial charge in [-0.1, -0.05) is 19.9 Å². The van der Waals surface area contributed by atoms with E-state index in [1.54, 1.807) is 10.4 Å². The molecule has 0 aliphatic carbocycles. The molecule has 0 spiro atoms. The van der Waals surface area contributed by atoms with Gasteiger partial charge in [0.25, 0.3) is 0 Å². The van der Waals surface area contributed by atoms with Crippen LogP contribution in [-0.2, 0) is 16.6 Å². The van der Waals surface area contributed by atoms with Crippen molar-refractivity contribution < 1.29 is 8.42 Å². The normalized spacial score (nSPS) is 20.6. The van der Waals surface area contributed by atoms with Crippen molar-refractivity contribution in [1.82, 2.24) is 9.62 Å². The molecular weight excluding hydrogens is 372 g/mol. The van der Waals surface area contributed by atoms with Gasteiger partial charge in [0.15, 0.2) is 0 Å². The van der Waals surface area contributed by atoms with Crippen molar-refractivity contribution in [2.75, 3.05) is 25.4 Å². The molecule has 1 unspecified atom stereocenters. The molecule has 1 heterocycles. The molecule has 0 bridgehead atoms. The molecule has 1 aliphatic heterocycles. The smallest absolute Gasteiger partial charge is 0.244 e. The number of sulfonamides is 1. The molecule has 1 fully saturated rings. The van der Waals surface area contributed by atoms with Crippen molar-refractivity contribution in [2.45, 2.75) is 30.5 Å². The van der Waals surface area contributed by atoms with Crippen molar-refractivity contribution in [3.8, 4) is 0 Å². The minimum absolute atomic E-state index is 0.345. The fourth-order valence-electron chi connectivity index (χ4n) is 2.27. The Bertz CT molecular complexity index is 593. The van der Waals surface area contributed by atoms with E-state index in [-0.39, 0.29) is 0 Å². The third kappa shape index (κ3) is 4.22. The molecule has 1 atom stereocenters. The van der Waals surface area contributed by atoms with Crippen molar-refractivity contribution in [3.63, 3.8) is 0 Å². The summed E-state index contributed by atoms with van der Waals surface area (Å²) in [5.74, 6) is 0.856. The summed E-state index contributed by atoms with van der Waals surface area (Å²) in [7, 11) is -3.43. The van der Waals surface area contributed by atoms with E-state index < -0.39 is 10.0 Å². The van der Waals surface area contributed by atoms with Gasteiger partial charge in [-0.25, -0.2) is 8.42 Å². The maximum absolute atomic E-state index is 12.8.